The van der Waals surface area contributed by atoms with Crippen LogP contribution in [0.5, 0.6) is 5.75 Å². The summed E-state index contributed by atoms with van der Waals surface area (Å²) in [5.74, 6) is -0.646. The topological polar surface area (TPSA) is 46.5 Å². The molecule has 0 radical (unpaired) electrons. The lowest BCUT2D eigenvalue weighted by Crippen LogP contribution is -2.00. The van der Waals surface area contributed by atoms with Gasteiger partial charge in [0.15, 0.2) is 0 Å². The van der Waals surface area contributed by atoms with Crippen molar-refractivity contribution < 1.29 is 14.6 Å². The van der Waals surface area contributed by atoms with E-state index >= 15 is 0 Å². The molecule has 1 aromatic rings. The zero-order valence-corrected chi connectivity index (χ0v) is 8.34. The van der Waals surface area contributed by atoms with Gasteiger partial charge in [-0.25, -0.2) is 4.79 Å². The summed E-state index contributed by atoms with van der Waals surface area (Å²) in [5, 5.41) is 9.20. The minimum absolute atomic E-state index is 0.0376. The highest BCUT2D eigenvalue weighted by molar-refractivity contribution is 6.31. The van der Waals surface area contributed by atoms with E-state index in [2.05, 4.69) is 6.58 Å². The largest absolute Gasteiger partial charge is 0.496 e. The quantitative estimate of drug-likeness (QED) is 0.783. The second kappa shape index (κ2) is 4.15. The molecule has 1 rings (SSSR count). The Morgan fingerprint density at radius 3 is 2.71 bits per heavy atom. The molecule has 0 amide bonds. The van der Waals surface area contributed by atoms with Crippen LogP contribution >= 0.6 is 11.6 Å². The van der Waals surface area contributed by atoms with Gasteiger partial charge in [0.1, 0.15) is 5.75 Å². The number of benzene rings is 1. The first kappa shape index (κ1) is 10.6. The number of carboxylic acid groups (broad SMARTS) is 1. The SMILES string of the molecule is C=C(C(=O)O)c1cc(Cl)ccc1OC. The van der Waals surface area contributed by atoms with Gasteiger partial charge in [-0.15, -0.1) is 0 Å². The van der Waals surface area contributed by atoms with E-state index in [0.717, 1.165) is 0 Å². The van der Waals surface area contributed by atoms with Gasteiger partial charge in [-0.2, -0.15) is 0 Å². The maximum absolute atomic E-state index is 10.7. The molecular weight excluding hydrogens is 204 g/mol. The fourth-order valence-electron chi connectivity index (χ4n) is 1.03. The predicted molar refractivity (Wildman–Crippen MR) is 54.7 cm³/mol. The van der Waals surface area contributed by atoms with Crippen LogP contribution in [-0.4, -0.2) is 18.2 Å². The molecular formula is C10H9ClO3. The highest BCUT2D eigenvalue weighted by Gasteiger charge is 2.12. The van der Waals surface area contributed by atoms with Crippen molar-refractivity contribution >= 4 is 23.1 Å². The first-order valence-electron chi connectivity index (χ1n) is 3.82. The van der Waals surface area contributed by atoms with E-state index in [4.69, 9.17) is 21.4 Å². The molecule has 14 heavy (non-hydrogen) atoms. The monoisotopic (exact) mass is 212 g/mol. The normalized spacial score (nSPS) is 9.57. The first-order valence-corrected chi connectivity index (χ1v) is 4.20. The summed E-state index contributed by atoms with van der Waals surface area (Å²) in [4.78, 5) is 10.7. The van der Waals surface area contributed by atoms with Crippen molar-refractivity contribution in [2.45, 2.75) is 0 Å². The van der Waals surface area contributed by atoms with Gasteiger partial charge in [-0.05, 0) is 18.2 Å². The van der Waals surface area contributed by atoms with Crippen molar-refractivity contribution in [2.24, 2.45) is 0 Å². The lowest BCUT2D eigenvalue weighted by Gasteiger charge is -2.08. The molecule has 0 bridgehead atoms. The van der Waals surface area contributed by atoms with Crippen molar-refractivity contribution in [1.29, 1.82) is 0 Å². The molecule has 0 aliphatic rings. The van der Waals surface area contributed by atoms with Gasteiger partial charge < -0.3 is 9.84 Å². The number of hydrogen-bond acceptors (Lipinski definition) is 2. The van der Waals surface area contributed by atoms with Crippen LogP contribution in [0.15, 0.2) is 24.8 Å². The lowest BCUT2D eigenvalue weighted by atomic mass is 10.1. The van der Waals surface area contributed by atoms with Crippen LogP contribution in [0.4, 0.5) is 0 Å². The summed E-state index contributed by atoms with van der Waals surface area (Å²) in [5.41, 5.74) is 0.358. The Morgan fingerprint density at radius 2 is 2.21 bits per heavy atom. The molecule has 0 aliphatic heterocycles. The smallest absolute Gasteiger partial charge is 0.335 e. The minimum Gasteiger partial charge on any atom is -0.496 e. The van der Waals surface area contributed by atoms with E-state index in [0.29, 0.717) is 16.3 Å². The van der Waals surface area contributed by atoms with Crippen molar-refractivity contribution in [1.82, 2.24) is 0 Å². The average molecular weight is 213 g/mol. The van der Waals surface area contributed by atoms with Crippen molar-refractivity contribution in [3.8, 4) is 5.75 Å². The molecule has 3 nitrogen and oxygen atoms in total. The Balaban J connectivity index is 3.23. The number of rotatable bonds is 3. The molecule has 4 heteroatoms. The second-order valence-corrected chi connectivity index (χ2v) is 3.06. The molecule has 1 N–H and O–H groups in total. The third kappa shape index (κ3) is 2.06. The zero-order chi connectivity index (χ0) is 10.7. The Bertz CT molecular complexity index is 385. The van der Waals surface area contributed by atoms with Crippen molar-refractivity contribution in [2.75, 3.05) is 7.11 Å². The minimum atomic E-state index is -1.09. The van der Waals surface area contributed by atoms with Crippen LogP contribution in [0, 0.1) is 0 Å². The summed E-state index contributed by atoms with van der Waals surface area (Å²) < 4.78 is 4.99. The van der Waals surface area contributed by atoms with Crippen LogP contribution in [0.2, 0.25) is 5.02 Å². The molecule has 0 spiro atoms. The van der Waals surface area contributed by atoms with Gasteiger partial charge in [0.25, 0.3) is 0 Å². The fourth-order valence-corrected chi connectivity index (χ4v) is 1.20. The highest BCUT2D eigenvalue weighted by atomic mass is 35.5. The van der Waals surface area contributed by atoms with Gasteiger partial charge in [0.05, 0.1) is 12.7 Å². The van der Waals surface area contributed by atoms with E-state index < -0.39 is 5.97 Å². The standard InChI is InChI=1S/C10H9ClO3/c1-6(10(12)13)8-5-7(11)3-4-9(8)14-2/h3-5H,1H2,2H3,(H,12,13). The van der Waals surface area contributed by atoms with E-state index in [1.54, 1.807) is 12.1 Å². The number of methoxy groups -OCH3 is 1. The molecule has 0 saturated heterocycles. The number of aliphatic carboxylic acids is 1. The van der Waals surface area contributed by atoms with Gasteiger partial charge in [-0.3, -0.25) is 0 Å². The van der Waals surface area contributed by atoms with Gasteiger partial charge >= 0.3 is 5.97 Å². The average Bonchev–Trinajstić information content (AvgIpc) is 2.16. The predicted octanol–water partition coefficient (Wildman–Crippen LogP) is 2.45. The summed E-state index contributed by atoms with van der Waals surface area (Å²) in [6.07, 6.45) is 0. The van der Waals surface area contributed by atoms with Crippen LogP contribution in [0.3, 0.4) is 0 Å². The summed E-state index contributed by atoms with van der Waals surface area (Å²) in [6, 6.07) is 4.74. The number of carbonyl (C=O) groups is 1. The number of hydrogen-bond donors (Lipinski definition) is 1. The molecule has 74 valence electrons. The maximum atomic E-state index is 10.7. The summed E-state index contributed by atoms with van der Waals surface area (Å²) in [6.45, 7) is 3.44. The second-order valence-electron chi connectivity index (χ2n) is 2.63. The zero-order valence-electron chi connectivity index (χ0n) is 7.58. The van der Waals surface area contributed by atoms with E-state index in [9.17, 15) is 4.79 Å². The Morgan fingerprint density at radius 1 is 1.57 bits per heavy atom. The third-order valence-electron chi connectivity index (χ3n) is 1.74. The molecule has 0 heterocycles. The van der Waals surface area contributed by atoms with Gasteiger partial charge in [0.2, 0.25) is 0 Å². The molecule has 0 fully saturated rings. The summed E-state index contributed by atoms with van der Waals surface area (Å²) in [7, 11) is 1.46. The van der Waals surface area contributed by atoms with E-state index in [1.807, 2.05) is 0 Å². The molecule has 0 aliphatic carbocycles. The van der Waals surface area contributed by atoms with Crippen molar-refractivity contribution in [3.05, 3.63) is 35.4 Å². The molecule has 0 atom stereocenters. The van der Waals surface area contributed by atoms with E-state index in [1.165, 1.54) is 13.2 Å². The number of ether oxygens (including phenoxy) is 1. The van der Waals surface area contributed by atoms with E-state index in [-0.39, 0.29) is 5.57 Å². The molecule has 0 unspecified atom stereocenters. The maximum Gasteiger partial charge on any atom is 0.335 e. The molecule has 1 aromatic carbocycles. The Hall–Kier alpha value is -1.48. The van der Waals surface area contributed by atoms with Crippen molar-refractivity contribution in [3.63, 3.8) is 0 Å². The third-order valence-corrected chi connectivity index (χ3v) is 1.98. The Kier molecular flexibility index (Phi) is 3.14. The fraction of sp³-hybridized carbons (Fsp3) is 0.100. The van der Waals surface area contributed by atoms with Crippen LogP contribution in [0.1, 0.15) is 5.56 Å². The Labute approximate surface area is 86.6 Å². The summed E-state index contributed by atoms with van der Waals surface area (Å²) >= 11 is 5.73. The lowest BCUT2D eigenvalue weighted by molar-refractivity contribution is -0.130. The van der Waals surface area contributed by atoms with Crippen LogP contribution in [-0.2, 0) is 4.79 Å². The molecule has 0 saturated carbocycles. The first-order chi connectivity index (χ1) is 6.56. The van der Waals surface area contributed by atoms with Gasteiger partial charge in [0, 0.05) is 10.6 Å². The number of halogens is 1. The number of carboxylic acids is 1. The van der Waals surface area contributed by atoms with Gasteiger partial charge in [-0.1, -0.05) is 18.2 Å². The highest BCUT2D eigenvalue weighted by Crippen LogP contribution is 2.28. The molecule has 0 aromatic heterocycles. The van der Waals surface area contributed by atoms with Crippen LogP contribution < -0.4 is 4.74 Å². The van der Waals surface area contributed by atoms with Crippen LogP contribution in [0.25, 0.3) is 5.57 Å².